The number of ether oxygens (including phenoxy) is 3. The van der Waals surface area contributed by atoms with Gasteiger partial charge in [0, 0.05) is 0 Å². The van der Waals surface area contributed by atoms with Gasteiger partial charge in [-0.3, -0.25) is 0 Å². The minimum atomic E-state index is -4.32. The van der Waals surface area contributed by atoms with E-state index in [-0.39, 0.29) is 11.3 Å². The maximum atomic E-state index is 14.4. The monoisotopic (exact) mass is 603 g/mol. The summed E-state index contributed by atoms with van der Waals surface area (Å²) in [6.07, 6.45) is -2.47. The SMILES string of the molecule is [2H][C@@]1(C(=O)OC)C[C@@]2([Se]c3ccccc3)c3ccccc3N(S(=O)(=O)c3ccc(OC)cc3)[C@H]2N1C(=O)OC. The van der Waals surface area contributed by atoms with Gasteiger partial charge in [0.2, 0.25) is 0 Å². The quantitative estimate of drug-likeness (QED) is 0.316. The molecule has 3 atom stereocenters. The number of rotatable bonds is 6. The molecule has 1 fully saturated rings. The Hall–Kier alpha value is -3.53. The van der Waals surface area contributed by atoms with E-state index < -0.39 is 53.5 Å². The molecule has 0 N–H and O–H groups in total. The molecule has 38 heavy (non-hydrogen) atoms. The van der Waals surface area contributed by atoms with Crippen LogP contribution in [0.25, 0.3) is 0 Å². The van der Waals surface area contributed by atoms with Crippen molar-refractivity contribution in [1.82, 2.24) is 4.90 Å². The zero-order valence-electron chi connectivity index (χ0n) is 21.9. The first kappa shape index (κ1) is 24.8. The second-order valence-electron chi connectivity index (χ2n) is 8.63. The summed E-state index contributed by atoms with van der Waals surface area (Å²) in [5.74, 6) is -0.504. The number of benzene rings is 3. The predicted octanol–water partition coefficient (Wildman–Crippen LogP) is 2.47. The van der Waals surface area contributed by atoms with Crippen molar-refractivity contribution < 1.29 is 33.6 Å². The summed E-state index contributed by atoms with van der Waals surface area (Å²) in [4.78, 5) is 27.4. The number of hydrogen-bond acceptors (Lipinski definition) is 7. The van der Waals surface area contributed by atoms with E-state index in [2.05, 4.69) is 0 Å². The molecule has 0 unspecified atom stereocenters. The number of esters is 1. The number of para-hydroxylation sites is 1. The number of anilines is 1. The molecule has 9 nitrogen and oxygen atoms in total. The molecule has 5 rings (SSSR count). The van der Waals surface area contributed by atoms with Crippen molar-refractivity contribution in [3.8, 4) is 5.75 Å². The topological polar surface area (TPSA) is 102 Å². The molecule has 2 aliphatic heterocycles. The van der Waals surface area contributed by atoms with Gasteiger partial charge in [-0.2, -0.15) is 0 Å². The molecule has 0 aromatic heterocycles. The summed E-state index contributed by atoms with van der Waals surface area (Å²) >= 11 is -0.539. The zero-order chi connectivity index (χ0) is 28.0. The van der Waals surface area contributed by atoms with E-state index in [0.717, 1.165) is 27.9 Å². The van der Waals surface area contributed by atoms with Gasteiger partial charge in [-0.1, -0.05) is 0 Å². The minimum absolute atomic E-state index is 0.0357. The van der Waals surface area contributed by atoms with Crippen LogP contribution in [0.3, 0.4) is 0 Å². The average Bonchev–Trinajstić information content (AvgIpc) is 3.37. The van der Waals surface area contributed by atoms with Crippen LogP contribution in [0.1, 0.15) is 13.4 Å². The van der Waals surface area contributed by atoms with Gasteiger partial charge in [-0.15, -0.1) is 0 Å². The Kier molecular flexibility index (Phi) is 6.51. The zero-order valence-corrected chi connectivity index (χ0v) is 23.4. The Morgan fingerprint density at radius 2 is 1.61 bits per heavy atom. The molecular formula is C27H26N2O7SSe. The Labute approximate surface area is 228 Å². The van der Waals surface area contributed by atoms with Crippen LogP contribution in [-0.4, -0.2) is 73.9 Å². The maximum absolute atomic E-state index is 14.4. The first-order valence-corrected chi connectivity index (χ1v) is 14.8. The van der Waals surface area contributed by atoms with Gasteiger partial charge in [-0.25, -0.2) is 0 Å². The summed E-state index contributed by atoms with van der Waals surface area (Å²) in [5.41, 5.74) is 1.000. The van der Waals surface area contributed by atoms with E-state index in [0.29, 0.717) is 17.0 Å². The molecule has 1 amide bonds. The average molecular weight is 603 g/mol. The Balaban J connectivity index is 1.80. The van der Waals surface area contributed by atoms with E-state index in [4.69, 9.17) is 14.2 Å². The van der Waals surface area contributed by atoms with Crippen molar-refractivity contribution in [1.29, 1.82) is 0 Å². The van der Waals surface area contributed by atoms with Gasteiger partial charge in [0.25, 0.3) is 0 Å². The third-order valence-electron chi connectivity index (χ3n) is 6.65. The number of carbonyl (C=O) groups is 2. The van der Waals surface area contributed by atoms with Crippen molar-refractivity contribution in [3.05, 3.63) is 84.4 Å². The summed E-state index contributed by atoms with van der Waals surface area (Å²) in [5, 5.41) is 0. The number of likely N-dealkylation sites (tertiary alicyclic amines) is 1. The molecule has 0 spiro atoms. The molecule has 1 saturated heterocycles. The standard InChI is InChI=1S/C27H26N2O7SSe/c1-34-18-13-15-19(16-14-18)37(32,33)29-22-12-8-7-11-21(22)27(38-20-9-5-4-6-10-20)17-23(24(30)35-2)28(25(27)29)26(31)36-3/h4-16,23,25H,17H2,1-3H3/t23-,25+,27+/m0/s1/i23D. The number of nitrogens with zero attached hydrogens (tertiary/aromatic N) is 2. The Morgan fingerprint density at radius 1 is 0.947 bits per heavy atom. The van der Waals surface area contributed by atoms with E-state index >= 15 is 0 Å². The van der Waals surface area contributed by atoms with Crippen LogP contribution in [0.15, 0.2) is 83.8 Å². The molecule has 0 aliphatic carbocycles. The second kappa shape index (κ2) is 9.98. The van der Waals surface area contributed by atoms with Crippen LogP contribution in [0.4, 0.5) is 10.5 Å². The number of hydrogen-bond donors (Lipinski definition) is 0. The van der Waals surface area contributed by atoms with Gasteiger partial charge < -0.3 is 0 Å². The third kappa shape index (κ3) is 4.02. The summed E-state index contributed by atoms with van der Waals surface area (Å²) in [6.45, 7) is 0. The van der Waals surface area contributed by atoms with Crippen molar-refractivity contribution in [3.63, 3.8) is 0 Å². The fraction of sp³-hybridized carbons (Fsp3) is 0.259. The molecule has 2 aliphatic rings. The van der Waals surface area contributed by atoms with Crippen LogP contribution >= 0.6 is 0 Å². The van der Waals surface area contributed by atoms with E-state index in [1.54, 1.807) is 24.3 Å². The molecule has 0 saturated carbocycles. The summed E-state index contributed by atoms with van der Waals surface area (Å²) < 4.78 is 54.2. The van der Waals surface area contributed by atoms with Crippen molar-refractivity contribution >= 4 is 47.2 Å². The number of methoxy groups -OCH3 is 3. The second-order valence-corrected chi connectivity index (χ2v) is 13.4. The summed E-state index contributed by atoms with van der Waals surface area (Å²) in [7, 11) is -0.569. The summed E-state index contributed by atoms with van der Waals surface area (Å²) in [6, 6.07) is 20.1. The number of fused-ring (bicyclic) bond motifs is 3. The van der Waals surface area contributed by atoms with Crippen LogP contribution < -0.4 is 13.5 Å². The first-order chi connectivity index (χ1) is 18.6. The van der Waals surface area contributed by atoms with Gasteiger partial charge in [0.1, 0.15) is 0 Å². The fourth-order valence-electron chi connectivity index (χ4n) is 5.03. The fourth-order valence-corrected chi connectivity index (χ4v) is 10.0. The molecule has 0 radical (unpaired) electrons. The van der Waals surface area contributed by atoms with Gasteiger partial charge in [-0.05, 0) is 0 Å². The van der Waals surface area contributed by atoms with E-state index in [1.807, 2.05) is 30.3 Å². The van der Waals surface area contributed by atoms with Crippen molar-refractivity contribution in [2.24, 2.45) is 0 Å². The normalized spacial score (nSPS) is 24.3. The number of sulfonamides is 1. The van der Waals surface area contributed by atoms with Crippen LogP contribution in [0.2, 0.25) is 0 Å². The Morgan fingerprint density at radius 3 is 2.24 bits per heavy atom. The first-order valence-electron chi connectivity index (χ1n) is 12.1. The molecular weight excluding hydrogens is 575 g/mol. The van der Waals surface area contributed by atoms with Crippen molar-refractivity contribution in [2.75, 3.05) is 25.6 Å². The van der Waals surface area contributed by atoms with E-state index in [1.165, 1.54) is 31.4 Å². The number of amides is 1. The van der Waals surface area contributed by atoms with Crippen molar-refractivity contribution in [2.45, 2.75) is 27.8 Å². The molecule has 3 aromatic carbocycles. The van der Waals surface area contributed by atoms with Crippen LogP contribution in [0, 0.1) is 0 Å². The molecule has 198 valence electrons. The van der Waals surface area contributed by atoms with Crippen LogP contribution in [-0.2, 0) is 28.6 Å². The molecule has 2 heterocycles. The predicted molar refractivity (Wildman–Crippen MR) is 141 cm³/mol. The number of carbonyl (C=O) groups excluding carboxylic acids is 2. The van der Waals surface area contributed by atoms with Gasteiger partial charge in [0.05, 0.1) is 0 Å². The molecule has 0 bridgehead atoms. The van der Waals surface area contributed by atoms with E-state index in [9.17, 15) is 19.4 Å². The third-order valence-corrected chi connectivity index (χ3v) is 11.5. The molecule has 3 aromatic rings. The van der Waals surface area contributed by atoms with Gasteiger partial charge >= 0.3 is 229 Å². The van der Waals surface area contributed by atoms with Crippen LogP contribution in [0.5, 0.6) is 5.75 Å². The van der Waals surface area contributed by atoms with Gasteiger partial charge in [0.15, 0.2) is 0 Å². The Bertz CT molecular complexity index is 1520. The molecule has 11 heteroatoms.